The monoisotopic (exact) mass is 505 g/mol. The van der Waals surface area contributed by atoms with Gasteiger partial charge >= 0.3 is 18.1 Å². The predicted molar refractivity (Wildman–Crippen MR) is 142 cm³/mol. The number of carbonyl (C=O) groups is 3. The van der Waals surface area contributed by atoms with E-state index in [2.05, 4.69) is 16.0 Å². The molecule has 0 aromatic heterocycles. The maximum Gasteiger partial charge on any atom is 0.411 e. The molecular formula is C28H31N3O6. The van der Waals surface area contributed by atoms with E-state index in [-0.39, 0.29) is 12.6 Å². The second kappa shape index (κ2) is 11.9. The van der Waals surface area contributed by atoms with E-state index in [4.69, 9.17) is 9.47 Å². The van der Waals surface area contributed by atoms with Crippen LogP contribution in [0.4, 0.5) is 26.7 Å². The van der Waals surface area contributed by atoms with Crippen LogP contribution in [0.15, 0.2) is 72.8 Å². The summed E-state index contributed by atoms with van der Waals surface area (Å²) in [7, 11) is 0. The lowest BCUT2D eigenvalue weighted by atomic mass is 9.89. The van der Waals surface area contributed by atoms with Crippen LogP contribution in [-0.4, -0.2) is 29.3 Å². The first-order valence-electron chi connectivity index (χ1n) is 11.7. The molecule has 3 aromatic carbocycles. The first-order chi connectivity index (χ1) is 17.5. The van der Waals surface area contributed by atoms with Crippen molar-refractivity contribution in [1.29, 1.82) is 0 Å². The second-order valence-electron chi connectivity index (χ2n) is 9.57. The number of hydrogen-bond donors (Lipinski definition) is 4. The molecule has 3 amide bonds. The third kappa shape index (κ3) is 8.57. The zero-order valence-corrected chi connectivity index (χ0v) is 21.2. The van der Waals surface area contributed by atoms with Crippen molar-refractivity contribution in [1.82, 2.24) is 0 Å². The molecule has 3 aromatic rings. The minimum Gasteiger partial charge on any atom is -0.478 e. The Bertz CT molecular complexity index is 1230. The van der Waals surface area contributed by atoms with E-state index in [9.17, 15) is 19.5 Å². The van der Waals surface area contributed by atoms with Gasteiger partial charge in [0.2, 0.25) is 0 Å². The van der Waals surface area contributed by atoms with E-state index in [1.54, 1.807) is 69.3 Å². The lowest BCUT2D eigenvalue weighted by Gasteiger charge is -2.27. The van der Waals surface area contributed by atoms with Crippen molar-refractivity contribution in [3.8, 4) is 5.75 Å². The number of rotatable bonds is 8. The Morgan fingerprint density at radius 3 is 1.92 bits per heavy atom. The van der Waals surface area contributed by atoms with Gasteiger partial charge in [-0.2, -0.15) is 0 Å². The number of benzene rings is 3. The fraction of sp³-hybridized carbons (Fsp3) is 0.250. The molecular weight excluding hydrogens is 474 g/mol. The smallest absolute Gasteiger partial charge is 0.411 e. The number of carboxylic acids is 1. The Morgan fingerprint density at radius 2 is 1.38 bits per heavy atom. The highest BCUT2D eigenvalue weighted by Gasteiger charge is 2.33. The largest absolute Gasteiger partial charge is 0.478 e. The van der Waals surface area contributed by atoms with Crippen molar-refractivity contribution >= 4 is 35.2 Å². The highest BCUT2D eigenvalue weighted by atomic mass is 16.5. The maximum atomic E-state index is 12.2. The molecule has 0 heterocycles. The number of carbonyl (C=O) groups excluding carboxylic acids is 2. The molecule has 9 nitrogen and oxygen atoms in total. The molecule has 0 aliphatic carbocycles. The Hall–Kier alpha value is -4.53. The van der Waals surface area contributed by atoms with Crippen LogP contribution in [0.25, 0.3) is 0 Å². The number of amides is 3. The Morgan fingerprint density at radius 1 is 0.838 bits per heavy atom. The summed E-state index contributed by atoms with van der Waals surface area (Å²) in [4.78, 5) is 36.0. The molecule has 1 unspecified atom stereocenters. The minimum absolute atomic E-state index is 0.0326. The molecule has 0 aliphatic rings. The standard InChI is InChI=1S/C28H31N3O6/c1-18-8-10-20(11-9-18)29-26(34)30-21-12-14-22(15-13-21)31-27(35)36-17-19-6-5-7-23(16-19)37-24(25(32)33)28(2,3)4/h5-16,24H,17H2,1-4H3,(H,31,35)(H,32,33)(H2,29,30,34). The average Bonchev–Trinajstić information content (AvgIpc) is 2.83. The SMILES string of the molecule is Cc1ccc(NC(=O)Nc2ccc(NC(=O)OCc3cccc(OC(C(=O)O)C(C)(C)C)c3)cc2)cc1. The van der Waals surface area contributed by atoms with Gasteiger partial charge in [-0.15, -0.1) is 0 Å². The number of aliphatic carboxylic acids is 1. The van der Waals surface area contributed by atoms with Crippen LogP contribution in [0, 0.1) is 12.3 Å². The molecule has 0 saturated heterocycles. The molecule has 3 rings (SSSR count). The van der Waals surface area contributed by atoms with E-state index in [0.717, 1.165) is 5.56 Å². The number of nitrogens with one attached hydrogen (secondary N) is 3. The first-order valence-corrected chi connectivity index (χ1v) is 11.7. The van der Waals surface area contributed by atoms with Gasteiger partial charge in [0.15, 0.2) is 6.10 Å². The number of hydrogen-bond acceptors (Lipinski definition) is 5. The van der Waals surface area contributed by atoms with Gasteiger partial charge < -0.3 is 25.2 Å². The van der Waals surface area contributed by atoms with Gasteiger partial charge in [-0.3, -0.25) is 5.32 Å². The van der Waals surface area contributed by atoms with Gasteiger partial charge in [-0.25, -0.2) is 14.4 Å². The molecule has 9 heteroatoms. The Kier molecular flexibility index (Phi) is 8.73. The van der Waals surface area contributed by atoms with Crippen LogP contribution in [0.2, 0.25) is 0 Å². The third-order valence-electron chi connectivity index (χ3n) is 5.23. The van der Waals surface area contributed by atoms with Gasteiger partial charge in [0.25, 0.3) is 0 Å². The fourth-order valence-electron chi connectivity index (χ4n) is 3.31. The average molecular weight is 506 g/mol. The minimum atomic E-state index is -1.05. The van der Waals surface area contributed by atoms with Crippen molar-refractivity contribution in [3.63, 3.8) is 0 Å². The van der Waals surface area contributed by atoms with Crippen LogP contribution < -0.4 is 20.7 Å². The molecule has 0 spiro atoms. The highest BCUT2D eigenvalue weighted by Crippen LogP contribution is 2.26. The Labute approximate surface area is 215 Å². The molecule has 1 atom stereocenters. The summed E-state index contributed by atoms with van der Waals surface area (Å²) in [6, 6.07) is 20.4. The fourth-order valence-corrected chi connectivity index (χ4v) is 3.31. The molecule has 0 radical (unpaired) electrons. The van der Waals surface area contributed by atoms with Crippen LogP contribution in [0.1, 0.15) is 31.9 Å². The zero-order valence-electron chi connectivity index (χ0n) is 21.2. The quantitative estimate of drug-likeness (QED) is 0.286. The second-order valence-corrected chi connectivity index (χ2v) is 9.57. The lowest BCUT2D eigenvalue weighted by molar-refractivity contribution is -0.150. The predicted octanol–water partition coefficient (Wildman–Crippen LogP) is 6.27. The summed E-state index contributed by atoms with van der Waals surface area (Å²) in [5.41, 5.74) is 2.85. The van der Waals surface area contributed by atoms with Crippen molar-refractivity contribution < 1.29 is 29.0 Å². The van der Waals surface area contributed by atoms with Gasteiger partial charge in [-0.1, -0.05) is 50.6 Å². The zero-order chi connectivity index (χ0) is 27.0. The highest BCUT2D eigenvalue weighted by molar-refractivity contribution is 6.00. The number of ether oxygens (including phenoxy) is 2. The van der Waals surface area contributed by atoms with E-state index < -0.39 is 23.6 Å². The molecule has 0 aliphatic heterocycles. The number of aryl methyl sites for hydroxylation is 1. The number of carboxylic acid groups (broad SMARTS) is 1. The Balaban J connectivity index is 1.48. The summed E-state index contributed by atoms with van der Waals surface area (Å²) >= 11 is 0. The van der Waals surface area contributed by atoms with Crippen LogP contribution in [-0.2, 0) is 16.1 Å². The molecule has 0 fully saturated rings. The van der Waals surface area contributed by atoms with Crippen molar-refractivity contribution in [2.24, 2.45) is 5.41 Å². The molecule has 37 heavy (non-hydrogen) atoms. The molecule has 4 N–H and O–H groups in total. The van der Waals surface area contributed by atoms with Crippen molar-refractivity contribution in [3.05, 3.63) is 83.9 Å². The lowest BCUT2D eigenvalue weighted by Crippen LogP contribution is -2.39. The van der Waals surface area contributed by atoms with Gasteiger partial charge in [0, 0.05) is 22.5 Å². The molecule has 194 valence electrons. The van der Waals surface area contributed by atoms with E-state index in [1.165, 1.54) is 0 Å². The normalized spacial score (nSPS) is 11.7. The summed E-state index contributed by atoms with van der Waals surface area (Å²) in [5, 5.41) is 17.5. The van der Waals surface area contributed by atoms with E-state index in [0.29, 0.717) is 28.4 Å². The first kappa shape index (κ1) is 27.1. The van der Waals surface area contributed by atoms with Crippen molar-refractivity contribution in [2.45, 2.75) is 40.4 Å². The molecule has 0 saturated carbocycles. The van der Waals surface area contributed by atoms with Crippen LogP contribution in [0.3, 0.4) is 0 Å². The van der Waals surface area contributed by atoms with Crippen LogP contribution >= 0.6 is 0 Å². The van der Waals surface area contributed by atoms with Crippen molar-refractivity contribution in [2.75, 3.05) is 16.0 Å². The van der Waals surface area contributed by atoms with E-state index >= 15 is 0 Å². The van der Waals surface area contributed by atoms with E-state index in [1.807, 2.05) is 31.2 Å². The summed E-state index contributed by atoms with van der Waals surface area (Å²) in [5.74, 6) is -0.681. The van der Waals surface area contributed by atoms with Gasteiger partial charge in [0.1, 0.15) is 12.4 Å². The van der Waals surface area contributed by atoms with Gasteiger partial charge in [0.05, 0.1) is 0 Å². The third-order valence-corrected chi connectivity index (χ3v) is 5.23. The van der Waals surface area contributed by atoms with Crippen LogP contribution in [0.5, 0.6) is 5.75 Å². The van der Waals surface area contributed by atoms with Gasteiger partial charge in [-0.05, 0) is 61.0 Å². The topological polar surface area (TPSA) is 126 Å². The number of anilines is 3. The number of urea groups is 1. The molecule has 0 bridgehead atoms. The summed E-state index contributed by atoms with van der Waals surface area (Å²) in [6.45, 7) is 7.29. The summed E-state index contributed by atoms with van der Waals surface area (Å²) < 4.78 is 10.9. The maximum absolute atomic E-state index is 12.2. The summed E-state index contributed by atoms with van der Waals surface area (Å²) in [6.07, 6.45) is -1.69.